The normalized spacial score (nSPS) is 12.6. The lowest BCUT2D eigenvalue weighted by molar-refractivity contribution is 0.216. The summed E-state index contributed by atoms with van der Waals surface area (Å²) in [5, 5.41) is 11.2. The van der Waals surface area contributed by atoms with E-state index in [-0.39, 0.29) is 9.26 Å². The second kappa shape index (κ2) is 5.46. The number of hydrogen-bond acceptors (Lipinski definition) is 2. The number of hydrogen-bond donors (Lipinski definition) is 1. The van der Waals surface area contributed by atoms with Crippen molar-refractivity contribution in [2.24, 2.45) is 0 Å². The number of benzene rings is 2. The van der Waals surface area contributed by atoms with Crippen molar-refractivity contribution in [3.63, 3.8) is 0 Å². The van der Waals surface area contributed by atoms with Crippen LogP contribution in [0.5, 0.6) is 0 Å². The van der Waals surface area contributed by atoms with Crippen molar-refractivity contribution in [1.82, 2.24) is 4.98 Å². The number of aliphatic hydroxyl groups excluding tert-OH is 1. The third-order valence-corrected chi connectivity index (χ3v) is 3.93. The summed E-state index contributed by atoms with van der Waals surface area (Å²) < 4.78 is 14.7. The zero-order valence-corrected chi connectivity index (χ0v) is 12.6. The molecule has 2 aromatic carbocycles. The van der Waals surface area contributed by atoms with Crippen LogP contribution in [0.2, 0.25) is 0 Å². The Labute approximate surface area is 129 Å². The Morgan fingerprint density at radius 3 is 2.40 bits per heavy atom. The zero-order chi connectivity index (χ0) is 14.1. The molecule has 0 radical (unpaired) electrons. The Kier molecular flexibility index (Phi) is 3.67. The maximum Gasteiger partial charge on any atom is 0.161 e. The molecule has 2 nitrogen and oxygen atoms in total. The molecule has 0 saturated heterocycles. The summed E-state index contributed by atoms with van der Waals surface area (Å²) in [6.07, 6.45) is -1.00. The molecule has 1 N–H and O–H groups in total. The fraction of sp³-hybridized carbons (Fsp3) is 0.0625. The van der Waals surface area contributed by atoms with Crippen molar-refractivity contribution in [2.45, 2.75) is 6.10 Å². The molecule has 1 atom stereocenters. The zero-order valence-electron chi connectivity index (χ0n) is 10.4. The lowest BCUT2D eigenvalue weighted by atomic mass is 9.98. The molecule has 0 fully saturated rings. The molecule has 0 spiro atoms. The third-order valence-electron chi connectivity index (χ3n) is 3.22. The van der Waals surface area contributed by atoms with Crippen LogP contribution in [0, 0.1) is 9.52 Å². The van der Waals surface area contributed by atoms with Crippen molar-refractivity contribution in [2.75, 3.05) is 0 Å². The molecule has 20 heavy (non-hydrogen) atoms. The molecule has 0 unspecified atom stereocenters. The average Bonchev–Trinajstić information content (AvgIpc) is 2.49. The molecule has 0 aliphatic heterocycles. The van der Waals surface area contributed by atoms with Gasteiger partial charge < -0.3 is 5.11 Å². The van der Waals surface area contributed by atoms with Gasteiger partial charge in [0.05, 0.1) is 5.52 Å². The van der Waals surface area contributed by atoms with E-state index in [2.05, 4.69) is 4.98 Å². The predicted molar refractivity (Wildman–Crippen MR) is 84.9 cm³/mol. The van der Waals surface area contributed by atoms with E-state index >= 15 is 0 Å². The molecule has 1 heterocycles. The summed E-state index contributed by atoms with van der Waals surface area (Å²) in [4.78, 5) is 4.21. The molecule has 3 rings (SSSR count). The number of nitrogens with zero attached hydrogens (tertiary/aromatic N) is 1. The van der Waals surface area contributed by atoms with Gasteiger partial charge in [-0.05, 0) is 34.2 Å². The lowest BCUT2D eigenvalue weighted by Crippen LogP contribution is -2.06. The molecule has 0 saturated carbocycles. The Bertz CT molecular complexity index is 761. The average molecular weight is 379 g/mol. The highest BCUT2D eigenvalue weighted by Gasteiger charge is 2.21. The van der Waals surface area contributed by atoms with Gasteiger partial charge in [-0.1, -0.05) is 48.5 Å². The first kappa shape index (κ1) is 13.5. The number of rotatable bonds is 2. The van der Waals surface area contributed by atoms with Gasteiger partial charge in [0.25, 0.3) is 0 Å². The lowest BCUT2D eigenvalue weighted by Gasteiger charge is -2.15. The van der Waals surface area contributed by atoms with Crippen LogP contribution in [0.3, 0.4) is 0 Å². The van der Waals surface area contributed by atoms with E-state index in [4.69, 9.17) is 0 Å². The van der Waals surface area contributed by atoms with Crippen LogP contribution in [0.1, 0.15) is 17.2 Å². The highest BCUT2D eigenvalue weighted by molar-refractivity contribution is 14.1. The van der Waals surface area contributed by atoms with Crippen LogP contribution in [0.25, 0.3) is 10.9 Å². The number of fused-ring (bicyclic) bond motifs is 1. The summed E-state index contributed by atoms with van der Waals surface area (Å²) in [6, 6.07) is 16.3. The van der Waals surface area contributed by atoms with E-state index in [1.54, 1.807) is 18.2 Å². The number of para-hydroxylation sites is 1. The maximum atomic E-state index is 14.4. The van der Waals surface area contributed by atoms with E-state index in [0.29, 0.717) is 16.5 Å². The molecule has 0 aliphatic carbocycles. The van der Waals surface area contributed by atoms with Gasteiger partial charge in [-0.3, -0.25) is 0 Å². The van der Waals surface area contributed by atoms with Crippen LogP contribution < -0.4 is 0 Å². The Morgan fingerprint density at radius 1 is 1.00 bits per heavy atom. The quantitative estimate of drug-likeness (QED) is 0.538. The van der Waals surface area contributed by atoms with Crippen molar-refractivity contribution < 1.29 is 9.50 Å². The van der Waals surface area contributed by atoms with Gasteiger partial charge in [-0.25, -0.2) is 9.37 Å². The molecular weight excluding hydrogens is 368 g/mol. The number of aromatic nitrogens is 1. The van der Waals surface area contributed by atoms with Crippen LogP contribution in [-0.4, -0.2) is 10.1 Å². The summed E-state index contributed by atoms with van der Waals surface area (Å²) in [5.74, 6) is -0.458. The van der Waals surface area contributed by atoms with Gasteiger partial charge in [0, 0.05) is 10.9 Å². The fourth-order valence-electron chi connectivity index (χ4n) is 2.25. The van der Waals surface area contributed by atoms with Crippen LogP contribution >= 0.6 is 22.6 Å². The minimum atomic E-state index is -1.00. The second-order valence-corrected chi connectivity index (χ2v) is 5.48. The second-order valence-electron chi connectivity index (χ2n) is 4.46. The smallest absolute Gasteiger partial charge is 0.161 e. The molecule has 1 aromatic heterocycles. The molecular formula is C16H11FINO. The Morgan fingerprint density at radius 2 is 1.65 bits per heavy atom. The molecule has 0 aliphatic rings. The standard InChI is InChI=1S/C16H11FINO/c17-14-13(15(20)10-6-2-1-3-7-10)11-8-4-5-9-12(11)19-16(14)18/h1-9,15,20H/t15-/m1/s1. The van der Waals surface area contributed by atoms with E-state index in [0.717, 1.165) is 0 Å². The predicted octanol–water partition coefficient (Wildman–Crippen LogP) is 4.06. The summed E-state index contributed by atoms with van der Waals surface area (Å²) in [5.41, 5.74) is 1.63. The van der Waals surface area contributed by atoms with E-state index in [1.807, 2.05) is 59.0 Å². The van der Waals surface area contributed by atoms with Gasteiger partial charge in [0.15, 0.2) is 5.82 Å². The van der Waals surface area contributed by atoms with Crippen LogP contribution in [0.4, 0.5) is 4.39 Å². The van der Waals surface area contributed by atoms with Crippen molar-refractivity contribution in [1.29, 1.82) is 0 Å². The van der Waals surface area contributed by atoms with Gasteiger partial charge in [-0.2, -0.15) is 0 Å². The molecule has 4 heteroatoms. The molecule has 0 amide bonds. The van der Waals surface area contributed by atoms with Crippen molar-refractivity contribution in [3.8, 4) is 0 Å². The Hall–Kier alpha value is -1.53. The summed E-state index contributed by atoms with van der Waals surface area (Å²) in [6.45, 7) is 0. The summed E-state index contributed by atoms with van der Waals surface area (Å²) in [7, 11) is 0. The first-order chi connectivity index (χ1) is 9.68. The van der Waals surface area contributed by atoms with Gasteiger partial charge in [0.1, 0.15) is 9.80 Å². The maximum absolute atomic E-state index is 14.4. The minimum Gasteiger partial charge on any atom is -0.384 e. The van der Waals surface area contributed by atoms with Crippen molar-refractivity contribution >= 4 is 33.5 Å². The van der Waals surface area contributed by atoms with Crippen molar-refractivity contribution in [3.05, 3.63) is 75.2 Å². The first-order valence-corrected chi connectivity index (χ1v) is 7.23. The van der Waals surface area contributed by atoms with E-state index in [9.17, 15) is 9.50 Å². The van der Waals surface area contributed by atoms with E-state index in [1.165, 1.54) is 0 Å². The van der Waals surface area contributed by atoms with Gasteiger partial charge >= 0.3 is 0 Å². The van der Waals surface area contributed by atoms with Crippen LogP contribution in [0.15, 0.2) is 54.6 Å². The Balaban J connectivity index is 2.27. The molecule has 0 bridgehead atoms. The molecule has 100 valence electrons. The topological polar surface area (TPSA) is 33.1 Å². The van der Waals surface area contributed by atoms with Gasteiger partial charge in [-0.15, -0.1) is 0 Å². The number of pyridine rings is 1. The SMILES string of the molecule is O[C@H](c1ccccc1)c1c(F)c(I)nc2ccccc12. The largest absolute Gasteiger partial charge is 0.384 e. The minimum absolute atomic E-state index is 0.270. The highest BCUT2D eigenvalue weighted by Crippen LogP contribution is 2.32. The van der Waals surface area contributed by atoms with E-state index < -0.39 is 11.9 Å². The molecule has 3 aromatic rings. The number of halogens is 2. The monoisotopic (exact) mass is 379 g/mol. The van der Waals surface area contributed by atoms with Gasteiger partial charge in [0.2, 0.25) is 0 Å². The first-order valence-electron chi connectivity index (χ1n) is 6.15. The summed E-state index contributed by atoms with van der Waals surface area (Å²) >= 11 is 1.85. The fourth-order valence-corrected chi connectivity index (χ4v) is 2.80. The third kappa shape index (κ3) is 2.29. The highest BCUT2D eigenvalue weighted by atomic mass is 127. The number of aliphatic hydroxyl groups is 1. The van der Waals surface area contributed by atoms with Crippen LogP contribution in [-0.2, 0) is 0 Å².